The largest absolute Gasteiger partial charge is 0.507 e. The van der Waals surface area contributed by atoms with E-state index in [0.717, 1.165) is 5.69 Å². The van der Waals surface area contributed by atoms with Crippen LogP contribution < -0.4 is 3.07 Å². The molecule has 4 heteroatoms. The van der Waals surface area contributed by atoms with Crippen molar-refractivity contribution in [2.45, 2.75) is 0 Å². The van der Waals surface area contributed by atoms with E-state index in [9.17, 15) is 5.11 Å². The van der Waals surface area contributed by atoms with Crippen molar-refractivity contribution in [2.24, 2.45) is 4.99 Å². The van der Waals surface area contributed by atoms with Crippen molar-refractivity contribution < 1.29 is 8.17 Å². The Hall–Kier alpha value is -1.56. The molecule has 0 atom stereocenters. The normalized spacial score (nSPS) is 10.6. The van der Waals surface area contributed by atoms with Crippen molar-refractivity contribution >= 4 is 34.9 Å². The number of nitrogens with zero attached hydrogens (tertiary/aromatic N) is 1. The first-order valence-electron chi connectivity index (χ1n) is 5.01. The molecule has 0 aliphatic carbocycles. The first-order valence-corrected chi connectivity index (χ1v) is 5.89. The Morgan fingerprint density at radius 3 is 2.53 bits per heavy atom. The maximum absolute atomic E-state index is 9.59. The molecule has 3 nitrogen and oxygen atoms in total. The van der Waals surface area contributed by atoms with Gasteiger partial charge in [-0.2, -0.15) is 0 Å². The number of phenols is 1. The molecule has 0 bridgehead atoms. The number of benzene rings is 2. The van der Waals surface area contributed by atoms with Gasteiger partial charge < -0.3 is 8.17 Å². The molecule has 1 N–H and O–H groups in total. The molecule has 0 amide bonds. The SMILES string of the molecule is Oc1ccccc1C=Nc1ccccc1OI. The molecule has 17 heavy (non-hydrogen) atoms. The van der Waals surface area contributed by atoms with E-state index in [1.807, 2.05) is 53.3 Å². The van der Waals surface area contributed by atoms with E-state index in [1.54, 1.807) is 24.4 Å². The van der Waals surface area contributed by atoms with Crippen LogP contribution in [0.5, 0.6) is 11.5 Å². The van der Waals surface area contributed by atoms with Crippen LogP contribution in [-0.4, -0.2) is 11.3 Å². The minimum Gasteiger partial charge on any atom is -0.507 e. The van der Waals surface area contributed by atoms with Crippen molar-refractivity contribution in [2.75, 3.05) is 0 Å². The molecule has 0 radical (unpaired) electrons. The van der Waals surface area contributed by atoms with Crippen LogP contribution in [0.3, 0.4) is 0 Å². The number of phenolic OH excluding ortho intramolecular Hbond substituents is 1. The monoisotopic (exact) mass is 339 g/mol. The lowest BCUT2D eigenvalue weighted by Crippen LogP contribution is -1.81. The summed E-state index contributed by atoms with van der Waals surface area (Å²) >= 11 is 1.82. The highest BCUT2D eigenvalue weighted by molar-refractivity contribution is 14.1. The second-order valence-corrected chi connectivity index (χ2v) is 3.80. The van der Waals surface area contributed by atoms with Crippen molar-refractivity contribution in [3.05, 3.63) is 54.1 Å². The standard InChI is InChI=1S/C13H10INO2/c14-17-13-8-4-2-6-11(13)15-9-10-5-1-3-7-12(10)16/h1-9,16H. The van der Waals surface area contributed by atoms with Crippen molar-refractivity contribution in [3.63, 3.8) is 0 Å². The van der Waals surface area contributed by atoms with Gasteiger partial charge in [-0.3, -0.25) is 4.99 Å². The average molecular weight is 339 g/mol. The molecule has 0 aliphatic rings. The lowest BCUT2D eigenvalue weighted by molar-refractivity contribution is 0.474. The minimum atomic E-state index is 0.212. The van der Waals surface area contributed by atoms with E-state index in [4.69, 9.17) is 3.07 Å². The van der Waals surface area contributed by atoms with E-state index in [0.29, 0.717) is 11.3 Å². The molecule has 0 heterocycles. The summed E-state index contributed by atoms with van der Waals surface area (Å²) in [5, 5.41) is 9.59. The number of rotatable bonds is 3. The second-order valence-electron chi connectivity index (χ2n) is 3.36. The van der Waals surface area contributed by atoms with Crippen LogP contribution >= 0.6 is 23.0 Å². The topological polar surface area (TPSA) is 41.8 Å². The van der Waals surface area contributed by atoms with Crippen LogP contribution in [0, 0.1) is 0 Å². The van der Waals surface area contributed by atoms with E-state index in [-0.39, 0.29) is 5.75 Å². The van der Waals surface area contributed by atoms with Gasteiger partial charge in [0.1, 0.15) is 11.4 Å². The molecule has 0 aliphatic heterocycles. The molecule has 0 saturated heterocycles. The van der Waals surface area contributed by atoms with Gasteiger partial charge in [-0.05, 0) is 24.3 Å². The lowest BCUT2D eigenvalue weighted by atomic mass is 10.2. The lowest BCUT2D eigenvalue weighted by Gasteiger charge is -2.01. The molecule has 0 aromatic heterocycles. The number of aromatic hydroxyl groups is 1. The fraction of sp³-hybridized carbons (Fsp3) is 0. The molecule has 0 saturated carbocycles. The summed E-state index contributed by atoms with van der Waals surface area (Å²) < 4.78 is 5.16. The molecule has 86 valence electrons. The van der Waals surface area contributed by atoms with Crippen LogP contribution in [0.2, 0.25) is 0 Å². The second kappa shape index (κ2) is 5.67. The molecule has 0 unspecified atom stereocenters. The van der Waals surface area contributed by atoms with Gasteiger partial charge in [0.05, 0.1) is 0 Å². The van der Waals surface area contributed by atoms with Gasteiger partial charge in [0.15, 0.2) is 28.8 Å². The highest BCUT2D eigenvalue weighted by Gasteiger charge is 2.00. The molecular weight excluding hydrogens is 329 g/mol. The van der Waals surface area contributed by atoms with Gasteiger partial charge in [-0.25, -0.2) is 0 Å². The fourth-order valence-electron chi connectivity index (χ4n) is 1.36. The van der Waals surface area contributed by atoms with E-state index >= 15 is 0 Å². The minimum absolute atomic E-state index is 0.212. The average Bonchev–Trinajstić information content (AvgIpc) is 2.38. The third-order valence-electron chi connectivity index (χ3n) is 2.23. The van der Waals surface area contributed by atoms with Crippen LogP contribution in [0.4, 0.5) is 5.69 Å². The third kappa shape index (κ3) is 2.97. The zero-order chi connectivity index (χ0) is 12.1. The number of aliphatic imine (C=N–C) groups is 1. The summed E-state index contributed by atoms with van der Waals surface area (Å²) in [5.74, 6) is 0.906. The molecule has 0 spiro atoms. The fourth-order valence-corrected chi connectivity index (χ4v) is 1.74. The molecule has 2 rings (SSSR count). The van der Waals surface area contributed by atoms with Gasteiger partial charge >= 0.3 is 0 Å². The molecular formula is C13H10INO2. The Morgan fingerprint density at radius 2 is 1.76 bits per heavy atom. The summed E-state index contributed by atoms with van der Waals surface area (Å²) in [6.45, 7) is 0. The Labute approximate surface area is 113 Å². The summed E-state index contributed by atoms with van der Waals surface area (Å²) in [6, 6.07) is 14.5. The van der Waals surface area contributed by atoms with E-state index in [1.165, 1.54) is 0 Å². The first kappa shape index (κ1) is 11.9. The highest BCUT2D eigenvalue weighted by Crippen LogP contribution is 2.28. The Kier molecular flexibility index (Phi) is 3.98. The number of hydrogen-bond acceptors (Lipinski definition) is 3. The Balaban J connectivity index is 2.29. The summed E-state index contributed by atoms with van der Waals surface area (Å²) in [4.78, 5) is 4.29. The quantitative estimate of drug-likeness (QED) is 0.681. The van der Waals surface area contributed by atoms with Crippen LogP contribution in [0.15, 0.2) is 53.5 Å². The number of halogens is 1. The molecule has 2 aromatic carbocycles. The van der Waals surface area contributed by atoms with Crippen LogP contribution in [0.25, 0.3) is 0 Å². The van der Waals surface area contributed by atoms with Crippen molar-refractivity contribution in [3.8, 4) is 11.5 Å². The van der Waals surface area contributed by atoms with Gasteiger partial charge in [-0.1, -0.05) is 24.3 Å². The van der Waals surface area contributed by atoms with Crippen molar-refractivity contribution in [1.29, 1.82) is 0 Å². The zero-order valence-electron chi connectivity index (χ0n) is 8.88. The Morgan fingerprint density at radius 1 is 1.06 bits per heavy atom. The van der Waals surface area contributed by atoms with Gasteiger partial charge in [0.2, 0.25) is 0 Å². The highest BCUT2D eigenvalue weighted by atomic mass is 127. The van der Waals surface area contributed by atoms with Gasteiger partial charge in [-0.15, -0.1) is 0 Å². The smallest absolute Gasteiger partial charge is 0.192 e. The van der Waals surface area contributed by atoms with E-state index in [2.05, 4.69) is 4.99 Å². The van der Waals surface area contributed by atoms with Crippen molar-refractivity contribution in [1.82, 2.24) is 0 Å². The summed E-state index contributed by atoms with van der Waals surface area (Å²) in [7, 11) is 0. The Bertz CT molecular complexity index is 540. The first-order chi connectivity index (χ1) is 8.31. The van der Waals surface area contributed by atoms with Gasteiger partial charge in [0, 0.05) is 11.8 Å². The molecule has 0 fully saturated rings. The maximum Gasteiger partial charge on any atom is 0.192 e. The predicted octanol–water partition coefficient (Wildman–Crippen LogP) is 3.87. The van der Waals surface area contributed by atoms with Crippen LogP contribution in [0.1, 0.15) is 5.56 Å². The van der Waals surface area contributed by atoms with E-state index < -0.39 is 0 Å². The van der Waals surface area contributed by atoms with Gasteiger partial charge in [0.25, 0.3) is 0 Å². The summed E-state index contributed by atoms with van der Waals surface area (Å²) in [5.41, 5.74) is 1.40. The number of hydrogen-bond donors (Lipinski definition) is 1. The van der Waals surface area contributed by atoms with Crippen LogP contribution in [-0.2, 0) is 0 Å². The third-order valence-corrected chi connectivity index (χ3v) is 2.70. The number of para-hydroxylation sites is 3. The predicted molar refractivity (Wildman–Crippen MR) is 76.5 cm³/mol. The zero-order valence-corrected chi connectivity index (χ0v) is 11.0. The summed E-state index contributed by atoms with van der Waals surface area (Å²) in [6.07, 6.45) is 1.61. The molecule has 2 aromatic rings. The maximum atomic E-state index is 9.59.